The van der Waals surface area contributed by atoms with E-state index in [1.54, 1.807) is 6.20 Å². The molecule has 3 aromatic rings. The quantitative estimate of drug-likeness (QED) is 0.737. The van der Waals surface area contributed by atoms with Crippen LogP contribution in [0, 0.1) is 6.92 Å². The molecule has 116 valence electrons. The molecule has 0 saturated carbocycles. The molecule has 5 heteroatoms. The molecule has 23 heavy (non-hydrogen) atoms. The van der Waals surface area contributed by atoms with Crippen molar-refractivity contribution in [2.75, 3.05) is 17.3 Å². The van der Waals surface area contributed by atoms with Crippen LogP contribution in [-0.4, -0.2) is 17.0 Å². The Morgan fingerprint density at radius 1 is 1.00 bits per heavy atom. The summed E-state index contributed by atoms with van der Waals surface area (Å²) in [5, 5.41) is 3.94. The zero-order valence-corrected chi connectivity index (χ0v) is 13.7. The van der Waals surface area contributed by atoms with Crippen LogP contribution in [0.3, 0.4) is 0 Å². The maximum atomic E-state index is 6.15. The molecule has 4 nitrogen and oxygen atoms in total. The number of hydrogen-bond acceptors (Lipinski definition) is 4. The number of anilines is 4. The van der Waals surface area contributed by atoms with Gasteiger partial charge in [0.2, 0.25) is 5.95 Å². The van der Waals surface area contributed by atoms with Crippen molar-refractivity contribution in [3.05, 3.63) is 71.4 Å². The second kappa shape index (κ2) is 6.67. The predicted octanol–water partition coefficient (Wildman–Crippen LogP) is 4.95. The molecule has 0 bridgehead atoms. The fraction of sp³-hybridized carbons (Fsp3) is 0.111. The summed E-state index contributed by atoms with van der Waals surface area (Å²) in [7, 11) is 1.98. The molecule has 1 aromatic heterocycles. The number of halogens is 1. The monoisotopic (exact) mass is 324 g/mol. The van der Waals surface area contributed by atoms with Gasteiger partial charge in [0.25, 0.3) is 0 Å². The topological polar surface area (TPSA) is 41.1 Å². The van der Waals surface area contributed by atoms with E-state index in [0.717, 1.165) is 22.8 Å². The number of nitrogens with one attached hydrogen (secondary N) is 1. The van der Waals surface area contributed by atoms with Gasteiger partial charge in [-0.1, -0.05) is 35.9 Å². The Labute approximate surface area is 140 Å². The minimum Gasteiger partial charge on any atom is -0.329 e. The lowest BCUT2D eigenvalue weighted by atomic mass is 10.2. The average Bonchev–Trinajstić information content (AvgIpc) is 2.59. The van der Waals surface area contributed by atoms with Gasteiger partial charge in [-0.2, -0.15) is 4.98 Å². The van der Waals surface area contributed by atoms with Crippen LogP contribution in [0.15, 0.2) is 60.8 Å². The first kappa shape index (κ1) is 15.3. The highest BCUT2D eigenvalue weighted by molar-refractivity contribution is 6.31. The van der Waals surface area contributed by atoms with E-state index in [4.69, 9.17) is 11.6 Å². The van der Waals surface area contributed by atoms with Crippen molar-refractivity contribution in [2.24, 2.45) is 0 Å². The first-order valence-corrected chi connectivity index (χ1v) is 7.67. The Balaban J connectivity index is 1.87. The molecule has 0 atom stereocenters. The van der Waals surface area contributed by atoms with E-state index in [2.05, 4.69) is 15.3 Å². The maximum Gasteiger partial charge on any atom is 0.229 e. The first-order chi connectivity index (χ1) is 11.1. The van der Waals surface area contributed by atoms with Crippen LogP contribution in [-0.2, 0) is 0 Å². The largest absolute Gasteiger partial charge is 0.329 e. The van der Waals surface area contributed by atoms with Crippen LogP contribution in [0.4, 0.5) is 23.1 Å². The summed E-state index contributed by atoms with van der Waals surface area (Å²) in [6.07, 6.45) is 1.74. The standard InChI is InChI=1S/C18H17ClN4/c1-13-15(19)9-6-10-16(13)21-18-20-12-11-17(22-18)23(2)14-7-4-3-5-8-14/h3-12H,1-2H3,(H,20,21,22). The molecular weight excluding hydrogens is 308 g/mol. The summed E-state index contributed by atoms with van der Waals surface area (Å²) in [6, 6.07) is 17.7. The molecule has 0 aliphatic heterocycles. The van der Waals surface area contributed by atoms with E-state index in [9.17, 15) is 0 Å². The number of para-hydroxylation sites is 1. The lowest BCUT2D eigenvalue weighted by Crippen LogP contribution is -2.12. The number of benzene rings is 2. The Hall–Kier alpha value is -2.59. The third-order valence-corrected chi connectivity index (χ3v) is 4.05. The Morgan fingerprint density at radius 2 is 1.78 bits per heavy atom. The second-order valence-corrected chi connectivity index (χ2v) is 5.58. The van der Waals surface area contributed by atoms with Gasteiger partial charge in [0.05, 0.1) is 0 Å². The molecule has 3 rings (SSSR count). The molecule has 0 unspecified atom stereocenters. The Kier molecular flexibility index (Phi) is 4.44. The lowest BCUT2D eigenvalue weighted by molar-refractivity contribution is 1.08. The Bertz CT molecular complexity index is 805. The van der Waals surface area contributed by atoms with Gasteiger partial charge in [0, 0.05) is 29.6 Å². The van der Waals surface area contributed by atoms with E-state index in [-0.39, 0.29) is 0 Å². The molecular formula is C18H17ClN4. The average molecular weight is 325 g/mol. The lowest BCUT2D eigenvalue weighted by Gasteiger charge is -2.19. The zero-order valence-electron chi connectivity index (χ0n) is 13.0. The van der Waals surface area contributed by atoms with Crippen molar-refractivity contribution in [3.8, 4) is 0 Å². The van der Waals surface area contributed by atoms with Gasteiger partial charge in [0.1, 0.15) is 5.82 Å². The SMILES string of the molecule is Cc1c(Cl)cccc1Nc1nccc(N(C)c2ccccc2)n1. The van der Waals surface area contributed by atoms with Crippen LogP contribution in [0.2, 0.25) is 5.02 Å². The molecule has 0 saturated heterocycles. The normalized spacial score (nSPS) is 10.4. The third-order valence-electron chi connectivity index (χ3n) is 3.64. The molecule has 1 N–H and O–H groups in total. The molecule has 0 aliphatic carbocycles. The fourth-order valence-electron chi connectivity index (χ4n) is 2.24. The van der Waals surface area contributed by atoms with E-state index in [1.807, 2.05) is 73.5 Å². The van der Waals surface area contributed by atoms with E-state index >= 15 is 0 Å². The summed E-state index contributed by atoms with van der Waals surface area (Å²) >= 11 is 6.15. The molecule has 2 aromatic carbocycles. The summed E-state index contributed by atoms with van der Waals surface area (Å²) in [6.45, 7) is 1.96. The van der Waals surface area contributed by atoms with Crippen molar-refractivity contribution in [3.63, 3.8) is 0 Å². The van der Waals surface area contributed by atoms with Crippen LogP contribution in [0.5, 0.6) is 0 Å². The van der Waals surface area contributed by atoms with Gasteiger partial charge < -0.3 is 10.2 Å². The third kappa shape index (κ3) is 3.43. The van der Waals surface area contributed by atoms with Crippen LogP contribution in [0.25, 0.3) is 0 Å². The second-order valence-electron chi connectivity index (χ2n) is 5.17. The summed E-state index contributed by atoms with van der Waals surface area (Å²) in [5.74, 6) is 1.35. The minimum absolute atomic E-state index is 0.538. The van der Waals surface area contributed by atoms with E-state index in [1.165, 1.54) is 0 Å². The molecule has 0 radical (unpaired) electrons. The summed E-state index contributed by atoms with van der Waals surface area (Å²) in [4.78, 5) is 10.9. The number of nitrogens with zero attached hydrogens (tertiary/aromatic N) is 3. The summed E-state index contributed by atoms with van der Waals surface area (Å²) in [5.41, 5.74) is 2.94. The van der Waals surface area contributed by atoms with Gasteiger partial charge >= 0.3 is 0 Å². The summed E-state index contributed by atoms with van der Waals surface area (Å²) < 4.78 is 0. The van der Waals surface area contributed by atoms with Crippen molar-refractivity contribution >= 4 is 34.7 Å². The molecule has 0 amide bonds. The van der Waals surface area contributed by atoms with E-state index in [0.29, 0.717) is 11.0 Å². The molecule has 0 fully saturated rings. The van der Waals surface area contributed by atoms with Crippen molar-refractivity contribution < 1.29 is 0 Å². The molecule has 0 spiro atoms. The maximum absolute atomic E-state index is 6.15. The number of hydrogen-bond donors (Lipinski definition) is 1. The van der Waals surface area contributed by atoms with Crippen LogP contribution >= 0.6 is 11.6 Å². The number of rotatable bonds is 4. The highest BCUT2D eigenvalue weighted by Gasteiger charge is 2.08. The van der Waals surface area contributed by atoms with Crippen molar-refractivity contribution in [1.82, 2.24) is 9.97 Å². The minimum atomic E-state index is 0.538. The van der Waals surface area contributed by atoms with Gasteiger partial charge in [0.15, 0.2) is 0 Å². The fourth-order valence-corrected chi connectivity index (χ4v) is 2.42. The van der Waals surface area contributed by atoms with Gasteiger partial charge in [-0.3, -0.25) is 0 Å². The van der Waals surface area contributed by atoms with Gasteiger partial charge in [-0.15, -0.1) is 0 Å². The van der Waals surface area contributed by atoms with Crippen molar-refractivity contribution in [1.29, 1.82) is 0 Å². The molecule has 0 aliphatic rings. The zero-order chi connectivity index (χ0) is 16.2. The van der Waals surface area contributed by atoms with Crippen molar-refractivity contribution in [2.45, 2.75) is 6.92 Å². The highest BCUT2D eigenvalue weighted by atomic mass is 35.5. The van der Waals surface area contributed by atoms with Gasteiger partial charge in [-0.05, 0) is 42.8 Å². The van der Waals surface area contributed by atoms with Crippen LogP contribution in [0.1, 0.15) is 5.56 Å². The van der Waals surface area contributed by atoms with Crippen LogP contribution < -0.4 is 10.2 Å². The Morgan fingerprint density at radius 3 is 2.57 bits per heavy atom. The number of aromatic nitrogens is 2. The molecule has 1 heterocycles. The highest BCUT2D eigenvalue weighted by Crippen LogP contribution is 2.26. The smallest absolute Gasteiger partial charge is 0.229 e. The van der Waals surface area contributed by atoms with Gasteiger partial charge in [-0.25, -0.2) is 4.98 Å². The van der Waals surface area contributed by atoms with E-state index < -0.39 is 0 Å². The predicted molar refractivity (Wildman–Crippen MR) is 96.0 cm³/mol. The first-order valence-electron chi connectivity index (χ1n) is 7.29.